The van der Waals surface area contributed by atoms with Crippen molar-refractivity contribution < 1.29 is 4.74 Å². The summed E-state index contributed by atoms with van der Waals surface area (Å²) in [5, 5.41) is 9.93. The molecule has 2 aromatic rings. The second kappa shape index (κ2) is 9.14. The fourth-order valence-electron chi connectivity index (χ4n) is 4.36. The van der Waals surface area contributed by atoms with E-state index in [0.29, 0.717) is 11.8 Å². The van der Waals surface area contributed by atoms with Crippen LogP contribution in [0.1, 0.15) is 55.7 Å². The third kappa shape index (κ3) is 4.35. The molecule has 2 heterocycles. The zero-order valence-electron chi connectivity index (χ0n) is 17.6. The highest BCUT2D eigenvalue weighted by Crippen LogP contribution is 2.37. The third-order valence-corrected chi connectivity index (χ3v) is 6.04. The van der Waals surface area contributed by atoms with E-state index in [1.54, 1.807) is 0 Å². The second-order valence-electron chi connectivity index (χ2n) is 8.04. The van der Waals surface area contributed by atoms with E-state index in [1.165, 1.54) is 5.56 Å². The fraction of sp³-hybridized carbons (Fsp3) is 0.435. The number of allylic oxidation sites excluding steroid dienone is 3. The van der Waals surface area contributed by atoms with Gasteiger partial charge in [-0.25, -0.2) is 4.99 Å². The Balaban J connectivity index is 1.54. The van der Waals surface area contributed by atoms with Gasteiger partial charge in [-0.3, -0.25) is 9.47 Å². The molecule has 0 saturated heterocycles. The zero-order chi connectivity index (χ0) is 21.1. The van der Waals surface area contributed by atoms with Crippen molar-refractivity contribution in [1.82, 2.24) is 19.7 Å². The molecule has 158 valence electrons. The molecule has 30 heavy (non-hydrogen) atoms. The smallest absolute Gasteiger partial charge is 0.212 e. The quantitative estimate of drug-likeness (QED) is 0.383. The number of rotatable bonds is 5. The van der Waals surface area contributed by atoms with Crippen molar-refractivity contribution in [2.45, 2.75) is 57.7 Å². The van der Waals surface area contributed by atoms with Crippen LogP contribution in [0.25, 0.3) is 5.69 Å². The summed E-state index contributed by atoms with van der Waals surface area (Å²) in [7, 11) is 2.10. The number of aliphatic imine (C=N–C) groups is 1. The Bertz CT molecular complexity index is 972. The van der Waals surface area contributed by atoms with Crippen LogP contribution in [0.15, 0.2) is 47.3 Å². The van der Waals surface area contributed by atoms with Gasteiger partial charge in [-0.1, -0.05) is 23.8 Å². The third-order valence-electron chi connectivity index (χ3n) is 5.80. The zero-order valence-corrected chi connectivity index (χ0v) is 18.3. The van der Waals surface area contributed by atoms with Crippen molar-refractivity contribution in [3.63, 3.8) is 0 Å². The first kappa shape index (κ1) is 20.8. The van der Waals surface area contributed by atoms with Crippen molar-refractivity contribution in [2.75, 3.05) is 7.05 Å². The van der Waals surface area contributed by atoms with E-state index in [-0.39, 0.29) is 6.10 Å². The van der Waals surface area contributed by atoms with Crippen LogP contribution >= 0.6 is 11.6 Å². The van der Waals surface area contributed by atoms with Crippen LogP contribution in [0.5, 0.6) is 0 Å². The minimum Gasteiger partial charge on any atom is -0.474 e. The van der Waals surface area contributed by atoms with Crippen LogP contribution in [0.3, 0.4) is 0 Å². The molecule has 0 unspecified atom stereocenters. The van der Waals surface area contributed by atoms with Gasteiger partial charge < -0.3 is 4.74 Å². The normalized spacial score (nSPS) is 22.4. The highest BCUT2D eigenvalue weighted by Gasteiger charge is 2.30. The van der Waals surface area contributed by atoms with Gasteiger partial charge in [0, 0.05) is 17.5 Å². The maximum atomic E-state index is 6.27. The summed E-state index contributed by atoms with van der Waals surface area (Å²) in [4.78, 5) is 6.24. The lowest BCUT2D eigenvalue weighted by molar-refractivity contribution is 0.0753. The molecule has 1 aromatic heterocycles. The molecule has 1 aromatic carbocycles. The molecule has 0 radical (unpaired) electrons. The molecule has 4 rings (SSSR count). The predicted molar refractivity (Wildman–Crippen MR) is 120 cm³/mol. The molecule has 0 amide bonds. The van der Waals surface area contributed by atoms with Crippen molar-refractivity contribution in [3.05, 3.63) is 64.5 Å². The van der Waals surface area contributed by atoms with E-state index in [2.05, 4.69) is 50.6 Å². The predicted octanol–water partition coefficient (Wildman–Crippen LogP) is 5.03. The average molecular weight is 426 g/mol. The Kier molecular flexibility index (Phi) is 6.35. The fourth-order valence-corrected chi connectivity index (χ4v) is 4.56. The molecule has 1 saturated carbocycles. The summed E-state index contributed by atoms with van der Waals surface area (Å²) in [6.07, 6.45) is 9.83. The number of fused-ring (bicyclic) bond motifs is 3. The second-order valence-corrected chi connectivity index (χ2v) is 8.47. The maximum Gasteiger partial charge on any atom is 0.212 e. The molecule has 1 fully saturated rings. The van der Waals surface area contributed by atoms with Crippen molar-refractivity contribution in [2.24, 2.45) is 4.99 Å². The number of halogens is 1. The Hall–Kier alpha value is -2.44. The number of nitrogens with zero attached hydrogens (tertiary/aromatic N) is 5. The van der Waals surface area contributed by atoms with E-state index >= 15 is 0 Å². The van der Waals surface area contributed by atoms with Gasteiger partial charge in [0.15, 0.2) is 5.82 Å². The molecular weight excluding hydrogens is 398 g/mol. The molecular formula is C23H28ClN5O. The summed E-state index contributed by atoms with van der Waals surface area (Å²) >= 11 is 6.27. The van der Waals surface area contributed by atoms with Crippen molar-refractivity contribution in [3.8, 4) is 5.69 Å². The van der Waals surface area contributed by atoms with E-state index < -0.39 is 0 Å². The molecule has 1 aliphatic carbocycles. The summed E-state index contributed by atoms with van der Waals surface area (Å²) < 4.78 is 8.29. The topological polar surface area (TPSA) is 55.5 Å². The molecule has 6 nitrogen and oxygen atoms in total. The van der Waals surface area contributed by atoms with Gasteiger partial charge in [-0.05, 0) is 76.2 Å². The van der Waals surface area contributed by atoms with Gasteiger partial charge >= 0.3 is 0 Å². The Morgan fingerprint density at radius 2 is 2.03 bits per heavy atom. The van der Waals surface area contributed by atoms with Crippen LogP contribution in [0, 0.1) is 0 Å². The first-order valence-corrected chi connectivity index (χ1v) is 10.8. The van der Waals surface area contributed by atoms with Gasteiger partial charge in [-0.15, -0.1) is 10.2 Å². The molecule has 7 heteroatoms. The standard InChI is InChI=1S/C23H28ClN5O/c1-4-5-6-22(25-2)30-19-10-7-16(8-11-19)23-27-26-21-15-28(3)14-17-13-18(24)9-12-20(17)29(21)23/h4-6,9,12-13,16,19H,2,7-8,10-11,14-15H2,1,3H3/b5-4-,22-6+. The molecule has 0 atom stereocenters. The number of hydrogen-bond acceptors (Lipinski definition) is 5. The van der Waals surface area contributed by atoms with Crippen LogP contribution < -0.4 is 0 Å². The molecule has 0 bridgehead atoms. The lowest BCUT2D eigenvalue weighted by Gasteiger charge is -2.28. The van der Waals surface area contributed by atoms with E-state index in [0.717, 1.165) is 61.1 Å². The summed E-state index contributed by atoms with van der Waals surface area (Å²) in [6.45, 7) is 7.19. The van der Waals surface area contributed by atoms with Gasteiger partial charge in [0.25, 0.3) is 0 Å². The highest BCUT2D eigenvalue weighted by molar-refractivity contribution is 6.30. The average Bonchev–Trinajstić information content (AvgIpc) is 3.08. The Morgan fingerprint density at radius 1 is 1.23 bits per heavy atom. The van der Waals surface area contributed by atoms with Gasteiger partial charge in [0.05, 0.1) is 12.2 Å². The minimum absolute atomic E-state index is 0.159. The monoisotopic (exact) mass is 425 g/mol. The SMILES string of the molecule is C=N/C(=C\C=C/C)OC1CCC(c2nnc3n2-c2ccc(Cl)cc2CN(C)C3)CC1. The van der Waals surface area contributed by atoms with E-state index in [4.69, 9.17) is 16.3 Å². The molecule has 0 spiro atoms. The van der Waals surface area contributed by atoms with Crippen LogP contribution in [-0.2, 0) is 17.8 Å². The highest BCUT2D eigenvalue weighted by atomic mass is 35.5. The van der Waals surface area contributed by atoms with Gasteiger partial charge in [0.2, 0.25) is 5.88 Å². The largest absolute Gasteiger partial charge is 0.474 e. The van der Waals surface area contributed by atoms with Gasteiger partial charge in [0.1, 0.15) is 11.9 Å². The maximum absolute atomic E-state index is 6.27. The number of benzene rings is 1. The van der Waals surface area contributed by atoms with Crippen molar-refractivity contribution in [1.29, 1.82) is 0 Å². The minimum atomic E-state index is 0.159. The first-order valence-electron chi connectivity index (χ1n) is 10.5. The molecule has 2 aliphatic rings. The van der Waals surface area contributed by atoms with Gasteiger partial charge in [-0.2, -0.15) is 0 Å². The number of ether oxygens (including phenoxy) is 1. The molecule has 0 N–H and O–H groups in total. The lowest BCUT2D eigenvalue weighted by atomic mass is 9.86. The Morgan fingerprint density at radius 3 is 2.77 bits per heavy atom. The van der Waals surface area contributed by atoms with Crippen molar-refractivity contribution >= 4 is 18.3 Å². The number of aromatic nitrogens is 3. The first-order chi connectivity index (χ1) is 14.6. The summed E-state index contributed by atoms with van der Waals surface area (Å²) in [6, 6.07) is 6.10. The van der Waals surface area contributed by atoms with Crippen LogP contribution in [-0.4, -0.2) is 39.5 Å². The van der Waals surface area contributed by atoms with E-state index in [9.17, 15) is 0 Å². The lowest BCUT2D eigenvalue weighted by Crippen LogP contribution is -2.22. The van der Waals surface area contributed by atoms with Crippen LogP contribution in [0.4, 0.5) is 0 Å². The summed E-state index contributed by atoms with van der Waals surface area (Å²) in [5.41, 5.74) is 2.35. The van der Waals surface area contributed by atoms with E-state index in [1.807, 2.05) is 31.2 Å². The molecule has 1 aliphatic heterocycles. The summed E-state index contributed by atoms with van der Waals surface area (Å²) in [5.74, 6) is 2.98. The number of hydrogen-bond donors (Lipinski definition) is 0. The van der Waals surface area contributed by atoms with Crippen LogP contribution in [0.2, 0.25) is 5.02 Å². The Labute approximate surface area is 182 Å².